The van der Waals surface area contributed by atoms with Gasteiger partial charge in [-0.3, -0.25) is 24.0 Å². The number of carbonyl (C=O) groups excluding carboxylic acids is 5. The molecule has 30 atom stereocenters. The summed E-state index contributed by atoms with van der Waals surface area (Å²) >= 11 is 0. The molecule has 0 saturated carbocycles. The monoisotopic (exact) mass is 1190 g/mol. The van der Waals surface area contributed by atoms with Gasteiger partial charge in [0.25, 0.3) is 0 Å². The lowest BCUT2D eigenvalue weighted by atomic mass is 9.92. The van der Waals surface area contributed by atoms with Crippen molar-refractivity contribution in [2.75, 3.05) is 39.6 Å². The van der Waals surface area contributed by atoms with E-state index in [2.05, 4.69) is 26.6 Å². The average Bonchev–Trinajstić information content (AvgIpc) is 3.63. The van der Waals surface area contributed by atoms with Crippen LogP contribution in [-0.4, -0.2) is 325 Å². The van der Waals surface area contributed by atoms with E-state index >= 15 is 0 Å². The summed E-state index contributed by atoms with van der Waals surface area (Å²) in [5.41, 5.74) is 5.85. The maximum atomic E-state index is 12.8. The topological polar surface area (TPSA) is 556 Å². The first-order chi connectivity index (χ1) is 38.7. The van der Waals surface area contributed by atoms with Crippen LogP contribution in [-0.2, 0) is 76.1 Å². The number of nitrogens with two attached hydrogens (primary N) is 1. The van der Waals surface area contributed by atoms with Crippen molar-refractivity contribution in [1.29, 1.82) is 0 Å². The third-order valence-corrected chi connectivity index (χ3v) is 14.5. The van der Waals surface area contributed by atoms with Gasteiger partial charge in [-0.15, -0.1) is 0 Å². The van der Waals surface area contributed by atoms with Gasteiger partial charge >= 0.3 is 0 Å². The number of ether oxygens (including phenoxy) is 11. The molecule has 0 aromatic carbocycles. The van der Waals surface area contributed by atoms with Crippen molar-refractivity contribution >= 4 is 29.5 Å². The van der Waals surface area contributed by atoms with Gasteiger partial charge < -0.3 is 156 Å². The summed E-state index contributed by atoms with van der Waals surface area (Å²) in [5, 5.41) is 165. The molecule has 36 heteroatoms. The van der Waals surface area contributed by atoms with Crippen LogP contribution in [0.25, 0.3) is 0 Å². The van der Waals surface area contributed by atoms with Gasteiger partial charge in [-0.2, -0.15) is 0 Å². The van der Waals surface area contributed by atoms with Crippen LogP contribution >= 0.6 is 0 Å². The summed E-state index contributed by atoms with van der Waals surface area (Å²) in [7, 11) is 0. The van der Waals surface area contributed by atoms with Crippen LogP contribution in [0.15, 0.2) is 0 Å². The van der Waals surface area contributed by atoms with Crippen molar-refractivity contribution in [1.82, 2.24) is 26.6 Å². The first kappa shape index (κ1) is 67.4. The van der Waals surface area contributed by atoms with E-state index in [1.807, 2.05) is 0 Å². The van der Waals surface area contributed by atoms with Crippen molar-refractivity contribution in [3.8, 4) is 0 Å². The molecule has 1 unspecified atom stereocenters. The fraction of sp³-hybridized carbons (Fsp3) is 0.891. The summed E-state index contributed by atoms with van der Waals surface area (Å²) in [6.07, 6.45) is -42.7. The number of aliphatic hydroxyl groups is 14. The molecule has 472 valence electrons. The largest absolute Gasteiger partial charge is 0.394 e. The Labute approximate surface area is 466 Å². The number of hydrogen-bond acceptors (Lipinski definition) is 31. The molecule has 21 N–H and O–H groups in total. The van der Waals surface area contributed by atoms with Crippen LogP contribution in [0.2, 0.25) is 0 Å². The third-order valence-electron chi connectivity index (χ3n) is 14.5. The first-order valence-electron chi connectivity index (χ1n) is 26.1. The van der Waals surface area contributed by atoms with E-state index in [0.717, 1.165) is 34.6 Å². The molecule has 5 amide bonds. The van der Waals surface area contributed by atoms with E-state index in [9.17, 15) is 95.5 Å². The van der Waals surface area contributed by atoms with Crippen LogP contribution in [0, 0.1) is 0 Å². The van der Waals surface area contributed by atoms with Crippen LogP contribution in [0.5, 0.6) is 0 Å². The molecule has 36 nitrogen and oxygen atoms in total. The second-order valence-corrected chi connectivity index (χ2v) is 20.5. The molecule has 0 spiro atoms. The number of rotatable bonds is 21. The van der Waals surface area contributed by atoms with E-state index in [0.29, 0.717) is 0 Å². The maximum Gasteiger partial charge on any atom is 0.217 e. The predicted octanol–water partition coefficient (Wildman–Crippen LogP) is -13.4. The molecule has 82 heavy (non-hydrogen) atoms. The SMILES string of the molecule is CC(=O)N[C@H]1[C@H](O[C@H]2[C@H](O)[C@@H](NC(C)=O)[C@H](O[C@H]3[C@H](O)[C@@H](N)C(O)O[C@@H]3CO)O[C@@H]2CO)O[C@H](CO)[C@@H](O[C@@H]2O[C@H](CO)[C@@H](O[C@@H]3O[C@H](CO)[C@@H](O[C@@H]4O[C@H](CO)[C@@H](O)[C@H](O)[C@H]4NC(C)=O)[C@H](O)[C@H]3NC(C)=O)[C@H](O)[C@H]2NC(C)=O)[C@@H]1O. The van der Waals surface area contributed by atoms with Gasteiger partial charge in [-0.1, -0.05) is 0 Å². The predicted molar refractivity (Wildman–Crippen MR) is 259 cm³/mol. The van der Waals surface area contributed by atoms with Crippen molar-refractivity contribution in [2.24, 2.45) is 5.73 Å². The number of hydrogen-bond donors (Lipinski definition) is 20. The number of aliphatic hydroxyl groups excluding tert-OH is 14. The van der Waals surface area contributed by atoms with Crippen LogP contribution in [0.3, 0.4) is 0 Å². The van der Waals surface area contributed by atoms with E-state index < -0.39 is 253 Å². The van der Waals surface area contributed by atoms with Crippen molar-refractivity contribution in [3.05, 3.63) is 0 Å². The molecule has 0 aromatic heterocycles. The Morgan fingerprint density at radius 3 is 0.768 bits per heavy atom. The maximum absolute atomic E-state index is 12.8. The van der Waals surface area contributed by atoms with E-state index in [4.69, 9.17) is 57.8 Å². The molecule has 0 radical (unpaired) electrons. The highest BCUT2D eigenvalue weighted by atomic mass is 16.8. The molecule has 6 aliphatic rings. The second-order valence-electron chi connectivity index (χ2n) is 20.5. The molecule has 6 saturated heterocycles. The van der Waals surface area contributed by atoms with Gasteiger partial charge in [0.2, 0.25) is 29.5 Å². The molecule has 0 aliphatic carbocycles. The standard InChI is InChI=1S/C46H78N6O30/c1-12(59)48-24-31(66)29(64)17(6-53)73-42(24)79-37-19(8-55)75-44(26(33(37)68)50-14(3)61)81-39-21(10-57)77-46(28(35(39)70)52-16(5)63)82-40-22(11-58)76-45(27(34(40)69)51-15(4)62)80-38-20(9-56)74-43(25(32(38)67)49-13(2)60)78-36-18(7-54)72-41(71)23(47)30(36)65/h17-46,53-58,64-71H,6-11,47H2,1-5H3,(H,48,59)(H,49,60)(H,50,61)(H,51,62)(H,52,63)/t17-,18-,19-,20-,21-,22-,23-,24-,25-,26-,27-,28-,29-,30-,31-,32-,33-,34-,35-,36-,37-,38-,39-,40-,41?,42+,43+,44+,45+,46+/m1/s1. The lowest BCUT2D eigenvalue weighted by Crippen LogP contribution is -2.72. The minimum Gasteiger partial charge on any atom is -0.394 e. The van der Waals surface area contributed by atoms with Gasteiger partial charge in [-0.25, -0.2) is 0 Å². The number of nitrogens with one attached hydrogen (secondary N) is 5. The van der Waals surface area contributed by atoms with Crippen LogP contribution < -0.4 is 32.3 Å². The van der Waals surface area contributed by atoms with E-state index in [1.54, 1.807) is 0 Å². The van der Waals surface area contributed by atoms with Crippen LogP contribution in [0.1, 0.15) is 34.6 Å². The summed E-state index contributed by atoms with van der Waals surface area (Å²) in [5.74, 6) is -3.98. The number of carbonyl (C=O) groups is 5. The normalized spacial score (nSPS) is 45.3. The lowest BCUT2D eigenvalue weighted by molar-refractivity contribution is -0.370. The van der Waals surface area contributed by atoms with Gasteiger partial charge in [0.15, 0.2) is 37.7 Å². The molecule has 6 rings (SSSR count). The highest BCUT2D eigenvalue weighted by Crippen LogP contribution is 2.37. The Balaban J connectivity index is 1.23. The van der Waals surface area contributed by atoms with E-state index in [1.165, 1.54) is 0 Å². The smallest absolute Gasteiger partial charge is 0.217 e. The fourth-order valence-corrected chi connectivity index (χ4v) is 10.6. The minimum absolute atomic E-state index is 0.724. The Kier molecular flexibility index (Phi) is 24.3. The van der Waals surface area contributed by atoms with Gasteiger partial charge in [0.05, 0.1) is 45.7 Å². The zero-order valence-corrected chi connectivity index (χ0v) is 44.9. The molecule has 0 aromatic rings. The second kappa shape index (κ2) is 29.6. The van der Waals surface area contributed by atoms with E-state index in [-0.39, 0.29) is 0 Å². The highest BCUT2D eigenvalue weighted by Gasteiger charge is 2.58. The summed E-state index contributed by atoms with van der Waals surface area (Å²) in [6, 6.07) is -9.88. The van der Waals surface area contributed by atoms with Crippen molar-refractivity contribution < 1.29 is 148 Å². The van der Waals surface area contributed by atoms with Gasteiger partial charge in [0, 0.05) is 34.6 Å². The molecule has 6 heterocycles. The summed E-state index contributed by atoms with van der Waals surface area (Å²) in [4.78, 5) is 62.8. The van der Waals surface area contributed by atoms with Crippen molar-refractivity contribution in [2.45, 2.75) is 218 Å². The third kappa shape index (κ3) is 15.3. The zero-order valence-electron chi connectivity index (χ0n) is 44.9. The zero-order chi connectivity index (χ0) is 60.8. The van der Waals surface area contributed by atoms with Crippen molar-refractivity contribution in [3.63, 3.8) is 0 Å². The Morgan fingerprint density at radius 1 is 0.329 bits per heavy atom. The Hall–Kier alpha value is -3.69. The first-order valence-corrected chi connectivity index (χ1v) is 26.1. The molecule has 6 aliphatic heterocycles. The molecule has 0 bridgehead atoms. The highest BCUT2D eigenvalue weighted by molar-refractivity contribution is 5.75. The van der Waals surface area contributed by atoms with Gasteiger partial charge in [0.1, 0.15) is 140 Å². The molecule has 6 fully saturated rings. The molecular formula is C46H78N6O30. The lowest BCUT2D eigenvalue weighted by Gasteiger charge is -2.51. The molecular weight excluding hydrogens is 1120 g/mol. The summed E-state index contributed by atoms with van der Waals surface area (Å²) < 4.78 is 65.1. The Morgan fingerprint density at radius 2 is 0.537 bits per heavy atom. The van der Waals surface area contributed by atoms with Crippen LogP contribution in [0.4, 0.5) is 0 Å². The Bertz CT molecular complexity index is 2110. The van der Waals surface area contributed by atoms with Gasteiger partial charge in [-0.05, 0) is 0 Å². The fourth-order valence-electron chi connectivity index (χ4n) is 10.6. The summed E-state index contributed by atoms with van der Waals surface area (Å²) in [6.45, 7) is -0.507. The number of amides is 5. The quantitative estimate of drug-likeness (QED) is 0.0507. The minimum atomic E-state index is -2.05. The average molecular weight is 1200 g/mol.